The SMILES string of the molecule is C#Cc1ccc(C2NC(=O)c3ccccc3N2)cc1. The van der Waals surface area contributed by atoms with Crippen molar-refractivity contribution in [2.24, 2.45) is 0 Å². The molecule has 2 aromatic carbocycles. The van der Waals surface area contributed by atoms with E-state index >= 15 is 0 Å². The van der Waals surface area contributed by atoms with E-state index in [1.54, 1.807) is 6.07 Å². The van der Waals surface area contributed by atoms with Crippen LogP contribution >= 0.6 is 0 Å². The van der Waals surface area contributed by atoms with E-state index in [1.165, 1.54) is 0 Å². The molecule has 0 saturated carbocycles. The van der Waals surface area contributed by atoms with E-state index in [4.69, 9.17) is 6.42 Å². The number of fused-ring (bicyclic) bond motifs is 1. The Balaban J connectivity index is 1.92. The Bertz CT molecular complexity index is 668. The highest BCUT2D eigenvalue weighted by molar-refractivity contribution is 6.01. The van der Waals surface area contributed by atoms with Crippen molar-refractivity contribution in [3.05, 3.63) is 65.2 Å². The molecule has 0 aliphatic carbocycles. The summed E-state index contributed by atoms with van der Waals surface area (Å²) in [7, 11) is 0. The van der Waals surface area contributed by atoms with Crippen molar-refractivity contribution in [3.8, 4) is 12.3 Å². The minimum atomic E-state index is -0.228. The van der Waals surface area contributed by atoms with Crippen molar-refractivity contribution in [2.45, 2.75) is 6.17 Å². The Labute approximate surface area is 111 Å². The van der Waals surface area contributed by atoms with Gasteiger partial charge in [0, 0.05) is 11.3 Å². The molecule has 0 aromatic heterocycles. The zero-order valence-corrected chi connectivity index (χ0v) is 10.2. The van der Waals surface area contributed by atoms with Crippen molar-refractivity contribution < 1.29 is 4.79 Å². The van der Waals surface area contributed by atoms with Gasteiger partial charge in [0.2, 0.25) is 0 Å². The molecule has 2 N–H and O–H groups in total. The summed E-state index contributed by atoms with van der Waals surface area (Å²) in [6.45, 7) is 0. The summed E-state index contributed by atoms with van der Waals surface area (Å²) >= 11 is 0. The Morgan fingerprint density at radius 2 is 1.74 bits per heavy atom. The molecule has 1 aliphatic rings. The molecule has 0 spiro atoms. The van der Waals surface area contributed by atoms with E-state index in [0.717, 1.165) is 16.8 Å². The molecule has 1 aliphatic heterocycles. The molecule has 1 heterocycles. The lowest BCUT2D eigenvalue weighted by Crippen LogP contribution is -2.38. The van der Waals surface area contributed by atoms with Crippen LogP contribution < -0.4 is 10.6 Å². The third-order valence-electron chi connectivity index (χ3n) is 3.16. The Hall–Kier alpha value is -2.73. The molecule has 92 valence electrons. The van der Waals surface area contributed by atoms with Crippen LogP contribution in [0.15, 0.2) is 48.5 Å². The molecule has 0 radical (unpaired) electrons. The van der Waals surface area contributed by atoms with Crippen molar-refractivity contribution in [1.82, 2.24) is 5.32 Å². The highest BCUT2D eigenvalue weighted by Crippen LogP contribution is 2.26. The van der Waals surface area contributed by atoms with Crippen molar-refractivity contribution in [1.29, 1.82) is 0 Å². The average molecular weight is 248 g/mol. The zero-order chi connectivity index (χ0) is 13.2. The zero-order valence-electron chi connectivity index (χ0n) is 10.2. The van der Waals surface area contributed by atoms with Crippen molar-refractivity contribution in [2.75, 3.05) is 5.32 Å². The van der Waals surface area contributed by atoms with Gasteiger partial charge in [-0.3, -0.25) is 4.79 Å². The number of hydrogen-bond donors (Lipinski definition) is 2. The molecule has 1 unspecified atom stereocenters. The molecule has 1 amide bonds. The second-order valence-electron chi connectivity index (χ2n) is 4.36. The van der Waals surface area contributed by atoms with E-state index in [2.05, 4.69) is 16.6 Å². The Morgan fingerprint density at radius 3 is 2.47 bits per heavy atom. The number of carbonyl (C=O) groups excluding carboxylic acids is 1. The van der Waals surface area contributed by atoms with Crippen LogP contribution in [-0.4, -0.2) is 5.91 Å². The number of nitrogens with one attached hydrogen (secondary N) is 2. The summed E-state index contributed by atoms with van der Waals surface area (Å²) < 4.78 is 0. The molecule has 19 heavy (non-hydrogen) atoms. The van der Waals surface area contributed by atoms with Crippen LogP contribution in [0.5, 0.6) is 0 Å². The maximum absolute atomic E-state index is 12.0. The molecule has 3 nitrogen and oxygen atoms in total. The predicted octanol–water partition coefficient (Wildman–Crippen LogP) is 2.52. The van der Waals surface area contributed by atoms with Crippen molar-refractivity contribution >= 4 is 11.6 Å². The Morgan fingerprint density at radius 1 is 1.00 bits per heavy atom. The summed E-state index contributed by atoms with van der Waals surface area (Å²) in [6.07, 6.45) is 5.10. The van der Waals surface area contributed by atoms with Crippen LogP contribution in [0.1, 0.15) is 27.7 Å². The summed E-state index contributed by atoms with van der Waals surface area (Å²) in [4.78, 5) is 12.0. The van der Waals surface area contributed by atoms with Gasteiger partial charge < -0.3 is 10.6 Å². The molecule has 2 aromatic rings. The van der Waals surface area contributed by atoms with E-state index in [0.29, 0.717) is 5.56 Å². The summed E-state index contributed by atoms with van der Waals surface area (Å²) in [5.41, 5.74) is 3.31. The summed E-state index contributed by atoms with van der Waals surface area (Å²) in [6, 6.07) is 15.0. The van der Waals surface area contributed by atoms with Gasteiger partial charge in [0.1, 0.15) is 6.17 Å². The van der Waals surface area contributed by atoms with Gasteiger partial charge in [-0.1, -0.05) is 30.2 Å². The number of rotatable bonds is 1. The first-order valence-corrected chi connectivity index (χ1v) is 6.01. The summed E-state index contributed by atoms with van der Waals surface area (Å²) in [5.74, 6) is 2.50. The van der Waals surface area contributed by atoms with Gasteiger partial charge in [0.15, 0.2) is 0 Å². The van der Waals surface area contributed by atoms with E-state index in [1.807, 2.05) is 42.5 Å². The summed E-state index contributed by atoms with van der Waals surface area (Å²) in [5, 5.41) is 6.22. The quantitative estimate of drug-likeness (QED) is 0.761. The number of anilines is 1. The number of amides is 1. The van der Waals surface area contributed by atoms with Crippen LogP contribution in [0.3, 0.4) is 0 Å². The molecule has 0 fully saturated rings. The number of para-hydroxylation sites is 1. The van der Waals surface area contributed by atoms with Gasteiger partial charge in [-0.15, -0.1) is 6.42 Å². The lowest BCUT2D eigenvalue weighted by Gasteiger charge is -2.28. The highest BCUT2D eigenvalue weighted by Gasteiger charge is 2.23. The Kier molecular flexibility index (Phi) is 2.70. The second-order valence-corrected chi connectivity index (χ2v) is 4.36. The molecule has 0 saturated heterocycles. The normalized spacial score (nSPS) is 16.8. The fourth-order valence-corrected chi connectivity index (χ4v) is 2.15. The maximum atomic E-state index is 12.0. The molecule has 1 atom stereocenters. The van der Waals surface area contributed by atoms with E-state index in [9.17, 15) is 4.79 Å². The minimum Gasteiger partial charge on any atom is -0.361 e. The topological polar surface area (TPSA) is 41.1 Å². The molecular weight excluding hydrogens is 236 g/mol. The van der Waals surface area contributed by atoms with E-state index in [-0.39, 0.29) is 12.1 Å². The van der Waals surface area contributed by atoms with Crippen LogP contribution in [0.2, 0.25) is 0 Å². The third kappa shape index (κ3) is 2.04. The lowest BCUT2D eigenvalue weighted by molar-refractivity contribution is 0.0935. The molecule has 3 heteroatoms. The predicted molar refractivity (Wildman–Crippen MR) is 74.6 cm³/mol. The van der Waals surface area contributed by atoms with Gasteiger partial charge in [-0.2, -0.15) is 0 Å². The molecule has 0 bridgehead atoms. The van der Waals surface area contributed by atoms with Gasteiger partial charge in [-0.25, -0.2) is 0 Å². The van der Waals surface area contributed by atoms with Crippen LogP contribution in [0.4, 0.5) is 5.69 Å². The fourth-order valence-electron chi connectivity index (χ4n) is 2.15. The third-order valence-corrected chi connectivity index (χ3v) is 3.16. The number of benzene rings is 2. The van der Waals surface area contributed by atoms with Gasteiger partial charge in [-0.05, 0) is 29.8 Å². The largest absolute Gasteiger partial charge is 0.361 e. The smallest absolute Gasteiger partial charge is 0.255 e. The minimum absolute atomic E-state index is 0.0691. The van der Waals surface area contributed by atoms with Gasteiger partial charge >= 0.3 is 0 Å². The lowest BCUT2D eigenvalue weighted by atomic mass is 10.0. The first kappa shape index (κ1) is 11.4. The van der Waals surface area contributed by atoms with Crippen LogP contribution in [-0.2, 0) is 0 Å². The highest BCUT2D eigenvalue weighted by atomic mass is 16.2. The standard InChI is InChI=1S/C16H12N2O/c1-2-11-7-9-12(10-8-11)15-17-14-6-4-3-5-13(14)16(19)18-15/h1,3-10,15,17H,(H,18,19). The molecular formula is C16H12N2O. The number of terminal acetylenes is 1. The van der Waals surface area contributed by atoms with Crippen molar-refractivity contribution in [3.63, 3.8) is 0 Å². The monoisotopic (exact) mass is 248 g/mol. The van der Waals surface area contributed by atoms with Gasteiger partial charge in [0.05, 0.1) is 5.56 Å². The van der Waals surface area contributed by atoms with Crippen LogP contribution in [0, 0.1) is 12.3 Å². The first-order valence-electron chi connectivity index (χ1n) is 6.01. The first-order chi connectivity index (χ1) is 9.28. The van der Waals surface area contributed by atoms with E-state index < -0.39 is 0 Å². The maximum Gasteiger partial charge on any atom is 0.255 e. The van der Waals surface area contributed by atoms with Crippen LogP contribution in [0.25, 0.3) is 0 Å². The second kappa shape index (κ2) is 4.51. The number of hydrogen-bond acceptors (Lipinski definition) is 2. The average Bonchev–Trinajstić information content (AvgIpc) is 2.47. The fraction of sp³-hybridized carbons (Fsp3) is 0.0625. The van der Waals surface area contributed by atoms with Gasteiger partial charge in [0.25, 0.3) is 5.91 Å². The molecule has 3 rings (SSSR count). The number of carbonyl (C=O) groups is 1.